The van der Waals surface area contributed by atoms with Gasteiger partial charge in [-0.25, -0.2) is 17.9 Å². The largest absolute Gasteiger partial charge is 0.503 e. The molecule has 1 rings (SSSR count). The molecule has 18 heavy (non-hydrogen) atoms. The molecule has 0 aromatic heterocycles. The molecule has 0 aromatic rings. The van der Waals surface area contributed by atoms with E-state index in [0.717, 1.165) is 0 Å². The molecule has 7 nitrogen and oxygen atoms in total. The number of sulfonamides is 1. The van der Waals surface area contributed by atoms with Gasteiger partial charge in [0.1, 0.15) is 0 Å². The molecule has 8 heteroatoms. The summed E-state index contributed by atoms with van der Waals surface area (Å²) >= 11 is 0. The van der Waals surface area contributed by atoms with Crippen LogP contribution in [0, 0.1) is 0 Å². The number of hydrogen-bond donors (Lipinski definition) is 3. The molecule has 0 atom stereocenters. The van der Waals surface area contributed by atoms with E-state index < -0.39 is 32.4 Å². The summed E-state index contributed by atoms with van der Waals surface area (Å²) < 4.78 is 24.5. The Bertz CT molecular complexity index is 488. The van der Waals surface area contributed by atoms with Gasteiger partial charge in [-0.05, 0) is 19.3 Å². The molecule has 1 fully saturated rings. The third kappa shape index (κ3) is 3.00. The van der Waals surface area contributed by atoms with Crippen molar-refractivity contribution in [3.05, 3.63) is 11.8 Å². The van der Waals surface area contributed by atoms with Crippen LogP contribution in [0.15, 0.2) is 11.8 Å². The van der Waals surface area contributed by atoms with Crippen molar-refractivity contribution in [3.63, 3.8) is 0 Å². The second kappa shape index (κ2) is 4.97. The van der Waals surface area contributed by atoms with E-state index in [1.54, 1.807) is 4.72 Å². The second-order valence-electron chi connectivity index (χ2n) is 4.24. The smallest absolute Gasteiger partial charge is 0.332 e. The van der Waals surface area contributed by atoms with E-state index in [4.69, 9.17) is 10.2 Å². The van der Waals surface area contributed by atoms with E-state index in [9.17, 15) is 18.0 Å². The van der Waals surface area contributed by atoms with Crippen molar-refractivity contribution in [2.24, 2.45) is 0 Å². The summed E-state index contributed by atoms with van der Waals surface area (Å²) in [5.41, 5.74) is 0. The molecule has 1 saturated carbocycles. The summed E-state index contributed by atoms with van der Waals surface area (Å²) in [6.07, 6.45) is 2.26. The summed E-state index contributed by atoms with van der Waals surface area (Å²) in [4.78, 5) is 21.5. The van der Waals surface area contributed by atoms with E-state index in [1.165, 1.54) is 0 Å². The molecular weight excluding hydrogens is 262 g/mol. The lowest BCUT2D eigenvalue weighted by Crippen LogP contribution is -2.40. The summed E-state index contributed by atoms with van der Waals surface area (Å²) in [5, 5.41) is 17.4. The predicted octanol–water partition coefficient (Wildman–Crippen LogP) is 0.292. The Morgan fingerprint density at radius 3 is 2.28 bits per heavy atom. The number of aliphatic carboxylic acids is 1. The molecule has 1 amide bonds. The fraction of sp³-hybridized carbons (Fsp3) is 0.600. The maximum atomic E-state index is 11.9. The number of aliphatic hydroxyl groups excluding tert-OH is 1. The molecule has 0 unspecified atom stereocenters. The van der Waals surface area contributed by atoms with E-state index in [-0.39, 0.29) is 6.08 Å². The van der Waals surface area contributed by atoms with Crippen LogP contribution in [-0.4, -0.2) is 35.3 Å². The molecule has 0 radical (unpaired) electrons. The fourth-order valence-electron chi connectivity index (χ4n) is 1.71. The molecule has 0 spiro atoms. The van der Waals surface area contributed by atoms with Crippen LogP contribution in [0.25, 0.3) is 0 Å². The zero-order chi connectivity index (χ0) is 14.0. The van der Waals surface area contributed by atoms with Crippen LogP contribution in [0.3, 0.4) is 0 Å². The zero-order valence-electron chi connectivity index (χ0n) is 9.84. The summed E-state index contributed by atoms with van der Waals surface area (Å²) in [6, 6.07) is 0. The lowest BCUT2D eigenvalue weighted by molar-refractivity contribution is -0.132. The van der Waals surface area contributed by atoms with Crippen LogP contribution >= 0.6 is 0 Å². The minimum atomic E-state index is -3.88. The first kappa shape index (κ1) is 14.5. The molecule has 0 aromatic carbocycles. The Labute approximate surface area is 105 Å². The van der Waals surface area contributed by atoms with Crippen molar-refractivity contribution < 1.29 is 28.2 Å². The van der Waals surface area contributed by atoms with Gasteiger partial charge in [0.15, 0.2) is 5.76 Å². The molecule has 102 valence electrons. The first-order chi connectivity index (χ1) is 8.24. The Kier molecular flexibility index (Phi) is 4.00. The van der Waals surface area contributed by atoms with Crippen LogP contribution in [0.1, 0.15) is 32.6 Å². The van der Waals surface area contributed by atoms with Gasteiger partial charge in [-0.15, -0.1) is 0 Å². The van der Waals surface area contributed by atoms with Crippen molar-refractivity contribution in [2.75, 3.05) is 0 Å². The SMILES string of the molecule is CCCC1(S(=O)(=O)NC(=O)C(O)=CC(=O)O)CC1. The molecule has 1 aliphatic carbocycles. The van der Waals surface area contributed by atoms with Crippen LogP contribution in [-0.2, 0) is 19.6 Å². The number of amides is 1. The van der Waals surface area contributed by atoms with Gasteiger partial charge in [-0.1, -0.05) is 13.3 Å². The van der Waals surface area contributed by atoms with Crippen molar-refractivity contribution in [3.8, 4) is 0 Å². The van der Waals surface area contributed by atoms with Gasteiger partial charge in [-0.3, -0.25) is 4.79 Å². The number of hydrogen-bond acceptors (Lipinski definition) is 5. The van der Waals surface area contributed by atoms with Crippen LogP contribution in [0.2, 0.25) is 0 Å². The number of carbonyl (C=O) groups excluding carboxylic acids is 1. The zero-order valence-corrected chi connectivity index (χ0v) is 10.7. The van der Waals surface area contributed by atoms with Gasteiger partial charge in [0, 0.05) is 0 Å². The number of carboxylic acid groups (broad SMARTS) is 1. The lowest BCUT2D eigenvalue weighted by atomic mass is 10.2. The van der Waals surface area contributed by atoms with Gasteiger partial charge < -0.3 is 10.2 Å². The van der Waals surface area contributed by atoms with Crippen molar-refractivity contribution in [2.45, 2.75) is 37.4 Å². The van der Waals surface area contributed by atoms with Gasteiger partial charge in [-0.2, -0.15) is 0 Å². The quantitative estimate of drug-likeness (QED) is 0.474. The van der Waals surface area contributed by atoms with Gasteiger partial charge in [0.25, 0.3) is 5.91 Å². The monoisotopic (exact) mass is 277 g/mol. The van der Waals surface area contributed by atoms with E-state index >= 15 is 0 Å². The summed E-state index contributed by atoms with van der Waals surface area (Å²) in [6.45, 7) is 1.83. The van der Waals surface area contributed by atoms with Gasteiger partial charge in [0.05, 0.1) is 10.8 Å². The van der Waals surface area contributed by atoms with Crippen LogP contribution in [0.5, 0.6) is 0 Å². The first-order valence-electron chi connectivity index (χ1n) is 5.44. The predicted molar refractivity (Wildman–Crippen MR) is 62.3 cm³/mol. The number of carbonyl (C=O) groups is 2. The Morgan fingerprint density at radius 1 is 1.33 bits per heavy atom. The maximum absolute atomic E-state index is 11.9. The van der Waals surface area contributed by atoms with Gasteiger partial charge >= 0.3 is 5.97 Å². The third-order valence-electron chi connectivity index (χ3n) is 2.80. The van der Waals surface area contributed by atoms with Crippen LogP contribution in [0.4, 0.5) is 0 Å². The average Bonchev–Trinajstić information content (AvgIpc) is 2.98. The van der Waals surface area contributed by atoms with Gasteiger partial charge in [0.2, 0.25) is 10.0 Å². The number of nitrogens with one attached hydrogen (secondary N) is 1. The molecular formula is C10H15NO6S. The van der Waals surface area contributed by atoms with Crippen molar-refractivity contribution in [1.82, 2.24) is 4.72 Å². The first-order valence-corrected chi connectivity index (χ1v) is 6.93. The number of carboxylic acids is 1. The Balaban J connectivity index is 2.79. The molecule has 0 saturated heterocycles. The fourth-order valence-corrected chi connectivity index (χ4v) is 3.39. The highest BCUT2D eigenvalue weighted by atomic mass is 32.2. The van der Waals surface area contributed by atoms with Crippen LogP contribution < -0.4 is 4.72 Å². The number of aliphatic hydroxyl groups is 1. The molecule has 1 aliphatic rings. The molecule has 0 heterocycles. The van der Waals surface area contributed by atoms with E-state index in [1.807, 2.05) is 6.92 Å². The molecule has 0 bridgehead atoms. The highest BCUT2D eigenvalue weighted by molar-refractivity contribution is 7.91. The lowest BCUT2D eigenvalue weighted by Gasteiger charge is -2.15. The van der Waals surface area contributed by atoms with E-state index in [2.05, 4.69) is 0 Å². The minimum Gasteiger partial charge on any atom is -0.503 e. The van der Waals surface area contributed by atoms with E-state index in [0.29, 0.717) is 25.7 Å². The summed E-state index contributed by atoms with van der Waals surface area (Å²) in [5.74, 6) is -3.99. The minimum absolute atomic E-state index is 0.240. The average molecular weight is 277 g/mol. The highest BCUT2D eigenvalue weighted by Crippen LogP contribution is 2.46. The topological polar surface area (TPSA) is 121 Å². The normalized spacial score (nSPS) is 18.2. The second-order valence-corrected chi connectivity index (χ2v) is 6.31. The molecule has 3 N–H and O–H groups in total. The standard InChI is InChI=1S/C10H15NO6S/c1-2-3-10(4-5-10)18(16,17)11-9(15)7(12)6-8(13)14/h6,12H,2-5H2,1H3,(H,11,15)(H,13,14). The Morgan fingerprint density at radius 2 is 1.89 bits per heavy atom. The summed E-state index contributed by atoms with van der Waals surface area (Å²) in [7, 11) is -3.88. The number of rotatable bonds is 6. The Hall–Kier alpha value is -1.57. The maximum Gasteiger partial charge on any atom is 0.332 e. The van der Waals surface area contributed by atoms with Crippen molar-refractivity contribution in [1.29, 1.82) is 0 Å². The third-order valence-corrected chi connectivity index (χ3v) is 5.01. The van der Waals surface area contributed by atoms with Crippen molar-refractivity contribution >= 4 is 21.9 Å². The highest BCUT2D eigenvalue weighted by Gasteiger charge is 2.54. The molecule has 0 aliphatic heterocycles.